The van der Waals surface area contributed by atoms with Gasteiger partial charge < -0.3 is 15.2 Å². The molecule has 0 bridgehead atoms. The van der Waals surface area contributed by atoms with Crippen LogP contribution in [0.2, 0.25) is 0 Å². The SMILES string of the molecule is N#Cc1ccccc1COc1ccc(C(=O)NCC2(CO)CC2)cc1. The van der Waals surface area contributed by atoms with E-state index in [0.717, 1.165) is 18.4 Å². The molecule has 1 fully saturated rings. The molecule has 1 aliphatic carbocycles. The predicted octanol–water partition coefficient (Wildman–Crippen LogP) is 2.64. The summed E-state index contributed by atoms with van der Waals surface area (Å²) >= 11 is 0. The Hall–Kier alpha value is -2.84. The van der Waals surface area contributed by atoms with Gasteiger partial charge in [-0.2, -0.15) is 5.26 Å². The monoisotopic (exact) mass is 336 g/mol. The highest BCUT2D eigenvalue weighted by Crippen LogP contribution is 2.44. The van der Waals surface area contributed by atoms with Gasteiger partial charge in [-0.25, -0.2) is 0 Å². The van der Waals surface area contributed by atoms with E-state index in [2.05, 4.69) is 11.4 Å². The number of carbonyl (C=O) groups is 1. The number of rotatable bonds is 7. The number of aliphatic hydroxyl groups is 1. The van der Waals surface area contributed by atoms with Crippen LogP contribution in [0, 0.1) is 16.7 Å². The van der Waals surface area contributed by atoms with Crippen LogP contribution in [0.4, 0.5) is 0 Å². The van der Waals surface area contributed by atoms with Crippen molar-refractivity contribution in [3.63, 3.8) is 0 Å². The molecule has 0 saturated heterocycles. The molecule has 0 radical (unpaired) electrons. The first-order chi connectivity index (χ1) is 12.2. The minimum Gasteiger partial charge on any atom is -0.489 e. The Morgan fingerprint density at radius 2 is 1.92 bits per heavy atom. The third kappa shape index (κ3) is 4.17. The van der Waals surface area contributed by atoms with Crippen molar-refractivity contribution in [3.05, 3.63) is 65.2 Å². The van der Waals surface area contributed by atoms with Gasteiger partial charge in [0.2, 0.25) is 0 Å². The fourth-order valence-electron chi connectivity index (χ4n) is 2.56. The molecule has 128 valence electrons. The van der Waals surface area contributed by atoms with Gasteiger partial charge in [0.25, 0.3) is 5.91 Å². The molecule has 2 aromatic rings. The van der Waals surface area contributed by atoms with E-state index < -0.39 is 0 Å². The molecule has 1 amide bonds. The molecule has 1 saturated carbocycles. The van der Waals surface area contributed by atoms with Gasteiger partial charge in [-0.05, 0) is 43.2 Å². The van der Waals surface area contributed by atoms with E-state index in [1.165, 1.54) is 0 Å². The van der Waals surface area contributed by atoms with E-state index >= 15 is 0 Å². The van der Waals surface area contributed by atoms with Crippen LogP contribution in [-0.2, 0) is 6.61 Å². The molecule has 0 aliphatic heterocycles. The van der Waals surface area contributed by atoms with Crippen LogP contribution in [-0.4, -0.2) is 24.2 Å². The zero-order valence-electron chi connectivity index (χ0n) is 13.9. The molecule has 1 aliphatic rings. The molecule has 2 aromatic carbocycles. The van der Waals surface area contributed by atoms with Crippen molar-refractivity contribution in [2.24, 2.45) is 5.41 Å². The van der Waals surface area contributed by atoms with Gasteiger partial charge in [0, 0.05) is 23.1 Å². The smallest absolute Gasteiger partial charge is 0.251 e. The first-order valence-corrected chi connectivity index (χ1v) is 8.26. The van der Waals surface area contributed by atoms with Crippen molar-refractivity contribution >= 4 is 5.91 Å². The Kier molecular flexibility index (Phi) is 5.01. The minimum absolute atomic E-state index is 0.104. The summed E-state index contributed by atoms with van der Waals surface area (Å²) in [6.07, 6.45) is 1.92. The van der Waals surface area contributed by atoms with Gasteiger partial charge in [-0.3, -0.25) is 4.79 Å². The van der Waals surface area contributed by atoms with E-state index in [0.29, 0.717) is 30.0 Å². The van der Waals surface area contributed by atoms with Gasteiger partial charge in [-0.15, -0.1) is 0 Å². The van der Waals surface area contributed by atoms with E-state index in [1.54, 1.807) is 30.3 Å². The van der Waals surface area contributed by atoms with Gasteiger partial charge in [0.15, 0.2) is 0 Å². The number of nitriles is 1. The summed E-state index contributed by atoms with van der Waals surface area (Å²) in [6, 6.07) is 16.3. The molecule has 0 spiro atoms. The summed E-state index contributed by atoms with van der Waals surface area (Å²) in [4.78, 5) is 12.1. The number of amides is 1. The first-order valence-electron chi connectivity index (χ1n) is 8.26. The highest BCUT2D eigenvalue weighted by Gasteiger charge is 2.42. The second kappa shape index (κ2) is 7.37. The number of carbonyl (C=O) groups excluding carboxylic acids is 1. The highest BCUT2D eigenvalue weighted by molar-refractivity contribution is 5.94. The van der Waals surface area contributed by atoms with Gasteiger partial charge in [0.05, 0.1) is 18.2 Å². The summed E-state index contributed by atoms with van der Waals surface area (Å²) in [5.41, 5.74) is 1.87. The Labute approximate surface area is 146 Å². The summed E-state index contributed by atoms with van der Waals surface area (Å²) < 4.78 is 5.70. The Morgan fingerprint density at radius 3 is 2.56 bits per heavy atom. The lowest BCUT2D eigenvalue weighted by molar-refractivity contribution is 0.0935. The zero-order chi connectivity index (χ0) is 17.7. The van der Waals surface area contributed by atoms with Crippen LogP contribution in [0.5, 0.6) is 5.75 Å². The van der Waals surface area contributed by atoms with Crippen LogP contribution in [0.1, 0.15) is 34.3 Å². The van der Waals surface area contributed by atoms with Crippen LogP contribution in [0.15, 0.2) is 48.5 Å². The number of aliphatic hydroxyl groups excluding tert-OH is 1. The van der Waals surface area contributed by atoms with Gasteiger partial charge in [-0.1, -0.05) is 18.2 Å². The molecule has 5 nitrogen and oxygen atoms in total. The lowest BCUT2D eigenvalue weighted by Gasteiger charge is -2.13. The first kappa shape index (κ1) is 17.0. The molecule has 0 unspecified atom stereocenters. The Morgan fingerprint density at radius 1 is 1.20 bits per heavy atom. The van der Waals surface area contributed by atoms with Gasteiger partial charge in [0.1, 0.15) is 12.4 Å². The summed E-state index contributed by atoms with van der Waals surface area (Å²) in [6.45, 7) is 0.921. The molecule has 3 rings (SSSR count). The fourth-order valence-corrected chi connectivity index (χ4v) is 2.56. The molecule has 5 heteroatoms. The lowest BCUT2D eigenvalue weighted by Crippen LogP contribution is -2.31. The largest absolute Gasteiger partial charge is 0.489 e. The molecular weight excluding hydrogens is 316 g/mol. The maximum atomic E-state index is 12.1. The van der Waals surface area contributed by atoms with Crippen molar-refractivity contribution in [1.82, 2.24) is 5.32 Å². The average molecular weight is 336 g/mol. The number of hydrogen-bond donors (Lipinski definition) is 2. The van der Waals surface area contributed by atoms with Crippen molar-refractivity contribution in [2.45, 2.75) is 19.4 Å². The van der Waals surface area contributed by atoms with E-state index in [9.17, 15) is 9.90 Å². The van der Waals surface area contributed by atoms with Gasteiger partial charge >= 0.3 is 0 Å². The van der Waals surface area contributed by atoms with Crippen molar-refractivity contribution < 1.29 is 14.6 Å². The number of ether oxygens (including phenoxy) is 1. The topological polar surface area (TPSA) is 82.3 Å². The Bertz CT molecular complexity index is 789. The quantitative estimate of drug-likeness (QED) is 0.814. The third-order valence-corrected chi connectivity index (χ3v) is 4.57. The van der Waals surface area contributed by atoms with Crippen LogP contribution in [0.25, 0.3) is 0 Å². The summed E-state index contributed by atoms with van der Waals surface area (Å²) in [7, 11) is 0. The van der Waals surface area contributed by atoms with E-state index in [1.807, 2.05) is 18.2 Å². The second-order valence-corrected chi connectivity index (χ2v) is 6.42. The number of benzene rings is 2. The zero-order valence-corrected chi connectivity index (χ0v) is 13.9. The average Bonchev–Trinajstić information content (AvgIpc) is 3.45. The van der Waals surface area contributed by atoms with Crippen molar-refractivity contribution in [3.8, 4) is 11.8 Å². The van der Waals surface area contributed by atoms with Crippen molar-refractivity contribution in [1.29, 1.82) is 5.26 Å². The molecule has 2 N–H and O–H groups in total. The second-order valence-electron chi connectivity index (χ2n) is 6.42. The highest BCUT2D eigenvalue weighted by atomic mass is 16.5. The van der Waals surface area contributed by atoms with E-state index in [4.69, 9.17) is 10.00 Å². The van der Waals surface area contributed by atoms with E-state index in [-0.39, 0.29) is 17.9 Å². The third-order valence-electron chi connectivity index (χ3n) is 4.57. The number of nitrogens with one attached hydrogen (secondary N) is 1. The van der Waals surface area contributed by atoms with Crippen molar-refractivity contribution in [2.75, 3.05) is 13.2 Å². The normalized spacial score (nSPS) is 14.4. The molecular formula is C20H20N2O3. The minimum atomic E-state index is -0.152. The van der Waals surface area contributed by atoms with Crippen LogP contribution < -0.4 is 10.1 Å². The lowest BCUT2D eigenvalue weighted by atomic mass is 10.1. The van der Waals surface area contributed by atoms with Crippen LogP contribution >= 0.6 is 0 Å². The fraction of sp³-hybridized carbons (Fsp3) is 0.300. The molecule has 0 heterocycles. The molecule has 25 heavy (non-hydrogen) atoms. The predicted molar refractivity (Wildman–Crippen MR) is 93.0 cm³/mol. The van der Waals surface area contributed by atoms with Crippen LogP contribution in [0.3, 0.4) is 0 Å². The maximum Gasteiger partial charge on any atom is 0.251 e. The summed E-state index contributed by atoms with van der Waals surface area (Å²) in [5.74, 6) is 0.486. The number of nitrogens with zero attached hydrogens (tertiary/aromatic N) is 1. The summed E-state index contributed by atoms with van der Waals surface area (Å²) in [5, 5.41) is 21.2. The number of hydrogen-bond acceptors (Lipinski definition) is 4. The molecule has 0 atom stereocenters. The molecule has 0 aromatic heterocycles. The Balaban J connectivity index is 1.55. The standard InChI is InChI=1S/C20H20N2O3/c21-11-16-3-1-2-4-17(16)12-25-18-7-5-15(6-8-18)19(24)22-13-20(14-23)9-10-20/h1-8,23H,9-10,12-14H2,(H,22,24). The maximum absolute atomic E-state index is 12.1.